The van der Waals surface area contributed by atoms with Crippen molar-refractivity contribution in [3.63, 3.8) is 0 Å². The third kappa shape index (κ3) is 3.71. The molecule has 0 aliphatic heterocycles. The summed E-state index contributed by atoms with van der Waals surface area (Å²) in [5.41, 5.74) is 7.60. The van der Waals surface area contributed by atoms with E-state index in [-0.39, 0.29) is 11.6 Å². The van der Waals surface area contributed by atoms with E-state index in [9.17, 15) is 0 Å². The lowest BCUT2D eigenvalue weighted by Crippen LogP contribution is -2.53. The molecule has 1 aromatic carbocycles. The zero-order valence-electron chi connectivity index (χ0n) is 13.1. The van der Waals surface area contributed by atoms with Crippen LogP contribution in [0.15, 0.2) is 24.3 Å². The van der Waals surface area contributed by atoms with E-state index in [0.29, 0.717) is 5.92 Å². The first kappa shape index (κ1) is 16.0. The second-order valence-corrected chi connectivity index (χ2v) is 6.01. The van der Waals surface area contributed by atoms with E-state index < -0.39 is 0 Å². The van der Waals surface area contributed by atoms with Gasteiger partial charge in [-0.3, -0.25) is 0 Å². The first-order valence-corrected chi connectivity index (χ1v) is 6.91. The van der Waals surface area contributed by atoms with Crippen molar-refractivity contribution in [2.75, 3.05) is 21.2 Å². The predicted molar refractivity (Wildman–Crippen MR) is 81.5 cm³/mol. The van der Waals surface area contributed by atoms with Gasteiger partial charge in [-0.2, -0.15) is 0 Å². The zero-order valence-corrected chi connectivity index (χ0v) is 13.1. The Bertz CT molecular complexity index is 386. The molecule has 0 amide bonds. The monoisotopic (exact) mass is 264 g/mol. The average Bonchev–Trinajstić information content (AvgIpc) is 2.36. The van der Waals surface area contributed by atoms with E-state index in [1.54, 1.807) is 7.11 Å². The van der Waals surface area contributed by atoms with Gasteiger partial charge in [-0.05, 0) is 51.1 Å². The minimum Gasteiger partial charge on any atom is -0.497 e. The molecule has 2 unspecified atom stereocenters. The van der Waals surface area contributed by atoms with Gasteiger partial charge in [0.15, 0.2) is 0 Å². The smallest absolute Gasteiger partial charge is 0.118 e. The highest BCUT2D eigenvalue weighted by atomic mass is 16.5. The summed E-state index contributed by atoms with van der Waals surface area (Å²) in [5, 5.41) is 0. The Labute approximate surface area is 117 Å². The molecule has 0 spiro atoms. The lowest BCUT2D eigenvalue weighted by atomic mass is 9.77. The molecule has 0 aliphatic carbocycles. The number of ether oxygens (including phenoxy) is 1. The van der Waals surface area contributed by atoms with Crippen LogP contribution in [0.5, 0.6) is 5.75 Å². The second-order valence-electron chi connectivity index (χ2n) is 6.01. The summed E-state index contributed by atoms with van der Waals surface area (Å²) in [6, 6.07) is 8.41. The summed E-state index contributed by atoms with van der Waals surface area (Å²) in [6.07, 6.45) is 0.957. The lowest BCUT2D eigenvalue weighted by molar-refractivity contribution is 0.167. The van der Waals surface area contributed by atoms with Crippen LogP contribution >= 0.6 is 0 Å². The van der Waals surface area contributed by atoms with Crippen LogP contribution in [0.1, 0.15) is 32.8 Å². The maximum Gasteiger partial charge on any atom is 0.118 e. The van der Waals surface area contributed by atoms with Gasteiger partial charge >= 0.3 is 0 Å². The molecular formula is C16H28N2O. The molecule has 3 nitrogen and oxygen atoms in total. The molecule has 2 atom stereocenters. The molecule has 0 bridgehead atoms. The van der Waals surface area contributed by atoms with E-state index in [0.717, 1.165) is 12.2 Å². The van der Waals surface area contributed by atoms with Gasteiger partial charge in [0.05, 0.1) is 12.6 Å². The predicted octanol–water partition coefficient (Wildman–Crippen LogP) is 2.85. The molecule has 0 fully saturated rings. The molecule has 0 saturated heterocycles. The van der Waals surface area contributed by atoms with Gasteiger partial charge < -0.3 is 15.4 Å². The maximum atomic E-state index is 6.77. The highest BCUT2D eigenvalue weighted by molar-refractivity contribution is 5.33. The summed E-state index contributed by atoms with van der Waals surface area (Å²) in [6.45, 7) is 6.62. The fourth-order valence-electron chi connectivity index (χ4n) is 2.57. The number of nitrogens with two attached hydrogens (primary N) is 1. The SMILES string of the molecule is COc1ccc(C(N)(CC(C)C)C(C)N(C)C)cc1. The fraction of sp³-hybridized carbons (Fsp3) is 0.625. The Kier molecular flexibility index (Phi) is 5.39. The Morgan fingerprint density at radius 1 is 1.16 bits per heavy atom. The Balaban J connectivity index is 3.14. The number of benzene rings is 1. The van der Waals surface area contributed by atoms with Crippen LogP contribution in [0.2, 0.25) is 0 Å². The van der Waals surface area contributed by atoms with Crippen molar-refractivity contribution < 1.29 is 4.74 Å². The van der Waals surface area contributed by atoms with Gasteiger partial charge in [0, 0.05) is 6.04 Å². The van der Waals surface area contributed by atoms with Crippen molar-refractivity contribution >= 4 is 0 Å². The minimum absolute atomic E-state index is 0.267. The van der Waals surface area contributed by atoms with E-state index in [1.165, 1.54) is 5.56 Å². The second kappa shape index (κ2) is 6.40. The van der Waals surface area contributed by atoms with Crippen molar-refractivity contribution in [3.05, 3.63) is 29.8 Å². The number of hydrogen-bond acceptors (Lipinski definition) is 3. The zero-order chi connectivity index (χ0) is 14.6. The number of methoxy groups -OCH3 is 1. The van der Waals surface area contributed by atoms with E-state index in [4.69, 9.17) is 10.5 Å². The van der Waals surface area contributed by atoms with E-state index in [1.807, 2.05) is 12.1 Å². The van der Waals surface area contributed by atoms with E-state index >= 15 is 0 Å². The normalized spacial score (nSPS) is 16.5. The van der Waals surface area contributed by atoms with Crippen LogP contribution in [0, 0.1) is 5.92 Å². The van der Waals surface area contributed by atoms with Gasteiger partial charge in [0.1, 0.15) is 5.75 Å². The molecule has 0 saturated carbocycles. The highest BCUT2D eigenvalue weighted by Gasteiger charge is 2.35. The van der Waals surface area contributed by atoms with E-state index in [2.05, 4.69) is 51.9 Å². The van der Waals surface area contributed by atoms with Crippen LogP contribution in [-0.2, 0) is 5.54 Å². The van der Waals surface area contributed by atoms with Crippen molar-refractivity contribution in [1.29, 1.82) is 0 Å². The van der Waals surface area contributed by atoms with Crippen molar-refractivity contribution in [3.8, 4) is 5.75 Å². The number of rotatable bonds is 6. The van der Waals surface area contributed by atoms with Crippen LogP contribution in [0.25, 0.3) is 0 Å². The van der Waals surface area contributed by atoms with Crippen molar-refractivity contribution in [2.45, 2.75) is 38.8 Å². The molecule has 0 aromatic heterocycles. The first-order valence-electron chi connectivity index (χ1n) is 6.91. The molecule has 0 radical (unpaired) electrons. The van der Waals surface area contributed by atoms with Crippen LogP contribution in [-0.4, -0.2) is 32.1 Å². The van der Waals surface area contributed by atoms with Gasteiger partial charge in [0.2, 0.25) is 0 Å². The standard InChI is InChI=1S/C16H28N2O/c1-12(2)11-16(17,13(3)18(4)5)14-7-9-15(19-6)10-8-14/h7-10,12-13H,11,17H2,1-6H3. The maximum absolute atomic E-state index is 6.77. The summed E-state index contributed by atoms with van der Waals surface area (Å²) < 4.78 is 5.22. The van der Waals surface area contributed by atoms with Gasteiger partial charge in [0.25, 0.3) is 0 Å². The number of likely N-dealkylation sites (N-methyl/N-ethyl adjacent to an activating group) is 1. The largest absolute Gasteiger partial charge is 0.497 e. The Morgan fingerprint density at radius 3 is 2.05 bits per heavy atom. The fourth-order valence-corrected chi connectivity index (χ4v) is 2.57. The summed E-state index contributed by atoms with van der Waals surface area (Å²) in [4.78, 5) is 2.19. The number of hydrogen-bond donors (Lipinski definition) is 1. The molecule has 19 heavy (non-hydrogen) atoms. The van der Waals surface area contributed by atoms with Crippen LogP contribution < -0.4 is 10.5 Å². The molecule has 1 aromatic rings. The Morgan fingerprint density at radius 2 is 1.68 bits per heavy atom. The molecule has 2 N–H and O–H groups in total. The number of nitrogens with zero attached hydrogens (tertiary/aromatic N) is 1. The summed E-state index contributed by atoms with van der Waals surface area (Å²) in [7, 11) is 5.84. The van der Waals surface area contributed by atoms with Gasteiger partial charge in [-0.15, -0.1) is 0 Å². The van der Waals surface area contributed by atoms with Gasteiger partial charge in [-0.25, -0.2) is 0 Å². The van der Waals surface area contributed by atoms with Crippen LogP contribution in [0.4, 0.5) is 0 Å². The molecule has 0 heterocycles. The molecule has 1 rings (SSSR count). The molecule has 0 aliphatic rings. The quantitative estimate of drug-likeness (QED) is 0.858. The molecular weight excluding hydrogens is 236 g/mol. The minimum atomic E-state index is -0.343. The first-order chi connectivity index (χ1) is 8.81. The molecule has 3 heteroatoms. The third-order valence-electron chi connectivity index (χ3n) is 3.89. The highest BCUT2D eigenvalue weighted by Crippen LogP contribution is 2.32. The van der Waals surface area contributed by atoms with Crippen molar-refractivity contribution in [1.82, 2.24) is 4.90 Å². The topological polar surface area (TPSA) is 38.5 Å². The van der Waals surface area contributed by atoms with Crippen LogP contribution in [0.3, 0.4) is 0 Å². The Hall–Kier alpha value is -1.06. The lowest BCUT2D eigenvalue weighted by Gasteiger charge is -2.41. The van der Waals surface area contributed by atoms with Crippen molar-refractivity contribution in [2.24, 2.45) is 11.7 Å². The average molecular weight is 264 g/mol. The third-order valence-corrected chi connectivity index (χ3v) is 3.89. The summed E-state index contributed by atoms with van der Waals surface area (Å²) in [5.74, 6) is 1.42. The van der Waals surface area contributed by atoms with Gasteiger partial charge in [-0.1, -0.05) is 26.0 Å². The summed E-state index contributed by atoms with van der Waals surface area (Å²) >= 11 is 0. The molecule has 108 valence electrons.